The van der Waals surface area contributed by atoms with Gasteiger partial charge in [-0.1, -0.05) is 41.9 Å². The van der Waals surface area contributed by atoms with Crippen LogP contribution in [-0.2, 0) is 5.88 Å². The number of benzene rings is 1. The summed E-state index contributed by atoms with van der Waals surface area (Å²) in [5.41, 5.74) is 2.75. The number of nitrogens with zero attached hydrogens (tertiary/aromatic N) is 1. The molecule has 0 unspecified atom stereocenters. The van der Waals surface area contributed by atoms with Gasteiger partial charge in [0.15, 0.2) is 0 Å². The summed E-state index contributed by atoms with van der Waals surface area (Å²) >= 11 is 11.8. The second-order valence-corrected chi connectivity index (χ2v) is 3.85. The first-order valence-electron chi connectivity index (χ1n) is 4.57. The Balaban J connectivity index is 2.46. The largest absolute Gasteiger partial charge is 0.254 e. The topological polar surface area (TPSA) is 12.9 Å². The van der Waals surface area contributed by atoms with E-state index in [9.17, 15) is 0 Å². The van der Waals surface area contributed by atoms with Crippen molar-refractivity contribution in [1.29, 1.82) is 0 Å². The van der Waals surface area contributed by atoms with Crippen molar-refractivity contribution in [2.75, 3.05) is 0 Å². The molecular formula is C12H9Cl2N. The minimum Gasteiger partial charge on any atom is -0.254 e. The van der Waals surface area contributed by atoms with Gasteiger partial charge in [-0.05, 0) is 11.6 Å². The third-order valence-electron chi connectivity index (χ3n) is 2.10. The molecule has 0 aliphatic carbocycles. The van der Waals surface area contributed by atoms with E-state index in [1.54, 1.807) is 6.20 Å². The zero-order valence-corrected chi connectivity index (χ0v) is 9.46. The SMILES string of the molecule is ClCc1cnc(-c2ccccc2)c(Cl)c1. The van der Waals surface area contributed by atoms with Crippen molar-refractivity contribution in [3.8, 4) is 11.3 Å². The first kappa shape index (κ1) is 10.5. The second-order valence-electron chi connectivity index (χ2n) is 3.17. The first-order valence-corrected chi connectivity index (χ1v) is 5.48. The van der Waals surface area contributed by atoms with Crippen molar-refractivity contribution in [2.24, 2.45) is 0 Å². The van der Waals surface area contributed by atoms with E-state index in [4.69, 9.17) is 23.2 Å². The van der Waals surface area contributed by atoms with Crippen LogP contribution < -0.4 is 0 Å². The molecule has 0 N–H and O–H groups in total. The van der Waals surface area contributed by atoms with Gasteiger partial charge in [0.2, 0.25) is 0 Å². The molecule has 1 nitrogen and oxygen atoms in total. The Morgan fingerprint density at radius 3 is 2.47 bits per heavy atom. The van der Waals surface area contributed by atoms with Crippen LogP contribution in [0.4, 0.5) is 0 Å². The van der Waals surface area contributed by atoms with Crippen LogP contribution in [0, 0.1) is 0 Å². The number of halogens is 2. The minimum atomic E-state index is 0.432. The Morgan fingerprint density at radius 1 is 1.13 bits per heavy atom. The van der Waals surface area contributed by atoms with Gasteiger partial charge < -0.3 is 0 Å². The first-order chi connectivity index (χ1) is 7.31. The van der Waals surface area contributed by atoms with E-state index in [0.717, 1.165) is 16.8 Å². The summed E-state index contributed by atoms with van der Waals surface area (Å²) in [6.45, 7) is 0. The molecule has 0 radical (unpaired) electrons. The molecular weight excluding hydrogens is 229 g/mol. The van der Waals surface area contributed by atoms with Crippen LogP contribution in [0.1, 0.15) is 5.56 Å². The molecule has 0 aliphatic heterocycles. The highest BCUT2D eigenvalue weighted by molar-refractivity contribution is 6.33. The number of hydrogen-bond acceptors (Lipinski definition) is 1. The Kier molecular flexibility index (Phi) is 3.24. The summed E-state index contributed by atoms with van der Waals surface area (Å²) in [5.74, 6) is 0.432. The smallest absolute Gasteiger partial charge is 0.0888 e. The van der Waals surface area contributed by atoms with Gasteiger partial charge in [0.25, 0.3) is 0 Å². The van der Waals surface area contributed by atoms with Crippen LogP contribution in [0.2, 0.25) is 5.02 Å². The van der Waals surface area contributed by atoms with Crippen LogP contribution in [0.15, 0.2) is 42.6 Å². The molecule has 0 aliphatic rings. The molecule has 0 bridgehead atoms. The second kappa shape index (κ2) is 4.65. The molecule has 1 aromatic heterocycles. The summed E-state index contributed by atoms with van der Waals surface area (Å²) in [7, 11) is 0. The Hall–Kier alpha value is -1.05. The monoisotopic (exact) mass is 237 g/mol. The van der Waals surface area contributed by atoms with Crippen LogP contribution in [0.25, 0.3) is 11.3 Å². The van der Waals surface area contributed by atoms with Gasteiger partial charge in [0.05, 0.1) is 10.7 Å². The highest BCUT2D eigenvalue weighted by Crippen LogP contribution is 2.26. The minimum absolute atomic E-state index is 0.432. The van der Waals surface area contributed by atoms with Gasteiger partial charge in [0.1, 0.15) is 0 Å². The quantitative estimate of drug-likeness (QED) is 0.716. The van der Waals surface area contributed by atoms with Crippen molar-refractivity contribution < 1.29 is 0 Å². The van der Waals surface area contributed by atoms with Crippen molar-refractivity contribution >= 4 is 23.2 Å². The molecule has 0 atom stereocenters. The van der Waals surface area contributed by atoms with Crippen molar-refractivity contribution in [3.05, 3.63) is 53.2 Å². The van der Waals surface area contributed by atoms with E-state index in [1.165, 1.54) is 0 Å². The van der Waals surface area contributed by atoms with Gasteiger partial charge in [-0.2, -0.15) is 0 Å². The Labute approximate surface area is 98.7 Å². The van der Waals surface area contributed by atoms with E-state index in [0.29, 0.717) is 10.9 Å². The Morgan fingerprint density at radius 2 is 1.87 bits per heavy atom. The summed E-state index contributed by atoms with van der Waals surface area (Å²) in [4.78, 5) is 4.30. The molecule has 2 aromatic rings. The van der Waals surface area contributed by atoms with Crippen molar-refractivity contribution in [3.63, 3.8) is 0 Å². The van der Waals surface area contributed by atoms with Crippen LogP contribution in [0.3, 0.4) is 0 Å². The number of alkyl halides is 1. The highest BCUT2D eigenvalue weighted by atomic mass is 35.5. The molecule has 2 rings (SSSR count). The number of hydrogen-bond donors (Lipinski definition) is 0. The van der Waals surface area contributed by atoms with E-state index < -0.39 is 0 Å². The predicted octanol–water partition coefficient (Wildman–Crippen LogP) is 4.14. The fourth-order valence-electron chi connectivity index (χ4n) is 1.36. The maximum Gasteiger partial charge on any atom is 0.0888 e. The lowest BCUT2D eigenvalue weighted by Gasteiger charge is -2.04. The lowest BCUT2D eigenvalue weighted by Crippen LogP contribution is -1.87. The predicted molar refractivity (Wildman–Crippen MR) is 64.2 cm³/mol. The van der Waals surface area contributed by atoms with Gasteiger partial charge in [-0.15, -0.1) is 11.6 Å². The molecule has 1 aromatic carbocycles. The lowest BCUT2D eigenvalue weighted by atomic mass is 10.1. The summed E-state index contributed by atoms with van der Waals surface area (Å²) < 4.78 is 0. The molecule has 0 amide bonds. The average Bonchev–Trinajstić information content (AvgIpc) is 2.30. The molecule has 15 heavy (non-hydrogen) atoms. The van der Waals surface area contributed by atoms with Crippen LogP contribution in [-0.4, -0.2) is 4.98 Å². The van der Waals surface area contributed by atoms with E-state index in [1.807, 2.05) is 36.4 Å². The summed E-state index contributed by atoms with van der Waals surface area (Å²) in [6, 6.07) is 11.7. The number of aromatic nitrogens is 1. The van der Waals surface area contributed by atoms with Crippen molar-refractivity contribution in [1.82, 2.24) is 4.98 Å². The molecule has 76 valence electrons. The van der Waals surface area contributed by atoms with Crippen LogP contribution >= 0.6 is 23.2 Å². The Bertz CT molecular complexity index is 454. The summed E-state index contributed by atoms with van der Waals surface area (Å²) in [5, 5.41) is 0.638. The van der Waals surface area contributed by atoms with Gasteiger partial charge in [-0.25, -0.2) is 0 Å². The van der Waals surface area contributed by atoms with E-state index in [-0.39, 0.29) is 0 Å². The molecule has 0 fully saturated rings. The van der Waals surface area contributed by atoms with Crippen molar-refractivity contribution in [2.45, 2.75) is 5.88 Å². The van der Waals surface area contributed by atoms with E-state index in [2.05, 4.69) is 4.98 Å². The fraction of sp³-hybridized carbons (Fsp3) is 0.0833. The summed E-state index contributed by atoms with van der Waals surface area (Å²) in [6.07, 6.45) is 1.75. The normalized spacial score (nSPS) is 10.3. The number of pyridine rings is 1. The zero-order valence-electron chi connectivity index (χ0n) is 7.95. The molecule has 0 spiro atoms. The standard InChI is InChI=1S/C12H9Cl2N/c13-7-9-6-11(14)12(15-8-9)10-4-2-1-3-5-10/h1-6,8H,7H2. The lowest BCUT2D eigenvalue weighted by molar-refractivity contribution is 1.25. The van der Waals surface area contributed by atoms with Gasteiger partial charge >= 0.3 is 0 Å². The third kappa shape index (κ3) is 2.31. The number of rotatable bonds is 2. The van der Waals surface area contributed by atoms with E-state index >= 15 is 0 Å². The van der Waals surface area contributed by atoms with Crippen LogP contribution in [0.5, 0.6) is 0 Å². The fourth-order valence-corrected chi connectivity index (χ4v) is 1.80. The van der Waals surface area contributed by atoms with Gasteiger partial charge in [0, 0.05) is 17.6 Å². The molecule has 3 heteroatoms. The maximum atomic E-state index is 6.12. The average molecular weight is 238 g/mol. The molecule has 1 heterocycles. The highest BCUT2D eigenvalue weighted by Gasteiger charge is 2.05. The van der Waals surface area contributed by atoms with Gasteiger partial charge in [-0.3, -0.25) is 4.98 Å². The molecule has 0 saturated carbocycles. The third-order valence-corrected chi connectivity index (χ3v) is 2.70. The molecule has 0 saturated heterocycles. The maximum absolute atomic E-state index is 6.12. The zero-order chi connectivity index (χ0) is 10.7.